The van der Waals surface area contributed by atoms with E-state index in [-0.39, 0.29) is 23.7 Å². The SMILES string of the molecule is CCCOc1cccc2c3c([nH]c12)CCN(C(=O)[C@@H]1CCCC[C@H]1C(=O)NC1(C#N)CC1)C3. The molecule has 7 heteroatoms. The predicted octanol–water partition coefficient (Wildman–Crippen LogP) is 3.82. The van der Waals surface area contributed by atoms with Gasteiger partial charge in [-0.1, -0.05) is 31.9 Å². The highest BCUT2D eigenvalue weighted by Gasteiger charge is 2.47. The third kappa shape index (κ3) is 4.07. The van der Waals surface area contributed by atoms with E-state index in [4.69, 9.17) is 4.74 Å². The van der Waals surface area contributed by atoms with Gasteiger partial charge in [-0.3, -0.25) is 9.59 Å². The number of nitrogens with one attached hydrogen (secondary N) is 2. The average Bonchev–Trinajstić information content (AvgIpc) is 3.52. The zero-order chi connectivity index (χ0) is 23.0. The van der Waals surface area contributed by atoms with Gasteiger partial charge in [0.15, 0.2) is 0 Å². The fraction of sp³-hybridized carbons (Fsp3) is 0.577. The second kappa shape index (κ2) is 8.74. The summed E-state index contributed by atoms with van der Waals surface area (Å²) in [6.07, 6.45) is 6.51. The molecule has 1 aromatic carbocycles. The number of amides is 2. The summed E-state index contributed by atoms with van der Waals surface area (Å²) in [6, 6.07) is 8.31. The van der Waals surface area contributed by atoms with E-state index in [9.17, 15) is 14.9 Å². The van der Waals surface area contributed by atoms with Crippen molar-refractivity contribution in [2.75, 3.05) is 13.2 Å². The Morgan fingerprint density at radius 3 is 2.79 bits per heavy atom. The van der Waals surface area contributed by atoms with Gasteiger partial charge in [-0.2, -0.15) is 5.26 Å². The van der Waals surface area contributed by atoms with Gasteiger partial charge in [-0.15, -0.1) is 0 Å². The van der Waals surface area contributed by atoms with Crippen molar-refractivity contribution in [2.45, 2.75) is 70.4 Å². The van der Waals surface area contributed by atoms with Crippen molar-refractivity contribution in [3.8, 4) is 11.8 Å². The molecule has 3 aliphatic rings. The molecule has 5 rings (SSSR count). The van der Waals surface area contributed by atoms with Crippen LogP contribution in [0.15, 0.2) is 18.2 Å². The first-order chi connectivity index (χ1) is 16.0. The summed E-state index contributed by atoms with van der Waals surface area (Å²) in [7, 11) is 0. The van der Waals surface area contributed by atoms with Crippen molar-refractivity contribution in [1.82, 2.24) is 15.2 Å². The van der Waals surface area contributed by atoms with Gasteiger partial charge in [0.1, 0.15) is 11.3 Å². The Hall–Kier alpha value is -3.01. The van der Waals surface area contributed by atoms with E-state index < -0.39 is 5.54 Å². The second-order valence-corrected chi connectivity index (χ2v) is 9.80. The first kappa shape index (κ1) is 21.8. The molecule has 0 radical (unpaired) electrons. The first-order valence-electron chi connectivity index (χ1n) is 12.3. The number of para-hydroxylation sites is 1. The van der Waals surface area contributed by atoms with Crippen LogP contribution in [0.3, 0.4) is 0 Å². The number of nitriles is 1. The molecule has 7 nitrogen and oxygen atoms in total. The number of ether oxygens (including phenoxy) is 1. The molecule has 1 aliphatic heterocycles. The second-order valence-electron chi connectivity index (χ2n) is 9.80. The summed E-state index contributed by atoms with van der Waals surface area (Å²) in [5, 5.41) is 13.4. The van der Waals surface area contributed by atoms with Gasteiger partial charge in [0.25, 0.3) is 0 Å². The van der Waals surface area contributed by atoms with Gasteiger partial charge in [-0.05, 0) is 38.2 Å². The highest BCUT2D eigenvalue weighted by Crippen LogP contribution is 2.39. The van der Waals surface area contributed by atoms with E-state index >= 15 is 0 Å². The maximum atomic E-state index is 13.6. The Morgan fingerprint density at radius 2 is 2.06 bits per heavy atom. The molecule has 2 heterocycles. The van der Waals surface area contributed by atoms with Gasteiger partial charge < -0.3 is 19.9 Å². The van der Waals surface area contributed by atoms with E-state index in [1.807, 2.05) is 17.0 Å². The summed E-state index contributed by atoms with van der Waals surface area (Å²) < 4.78 is 5.93. The predicted molar refractivity (Wildman–Crippen MR) is 124 cm³/mol. The fourth-order valence-electron chi connectivity index (χ4n) is 5.42. The van der Waals surface area contributed by atoms with Crippen molar-refractivity contribution < 1.29 is 14.3 Å². The lowest BCUT2D eigenvalue weighted by molar-refractivity contribution is -0.144. The molecule has 2 aliphatic carbocycles. The molecule has 0 saturated heterocycles. The third-order valence-electron chi connectivity index (χ3n) is 7.49. The van der Waals surface area contributed by atoms with E-state index in [0.717, 1.165) is 54.3 Å². The Labute approximate surface area is 194 Å². The monoisotopic (exact) mass is 448 g/mol. The number of hydrogen-bond donors (Lipinski definition) is 2. The van der Waals surface area contributed by atoms with Crippen LogP contribution in [0.2, 0.25) is 0 Å². The topological polar surface area (TPSA) is 98.2 Å². The Kier molecular flexibility index (Phi) is 5.77. The molecule has 2 fully saturated rings. The highest BCUT2D eigenvalue weighted by atomic mass is 16.5. The molecule has 0 unspecified atom stereocenters. The zero-order valence-electron chi connectivity index (χ0n) is 19.3. The van der Waals surface area contributed by atoms with Crippen LogP contribution in [0, 0.1) is 23.2 Å². The normalized spacial score (nSPS) is 23.5. The van der Waals surface area contributed by atoms with Crippen LogP contribution < -0.4 is 10.1 Å². The largest absolute Gasteiger partial charge is 0.491 e. The maximum absolute atomic E-state index is 13.6. The summed E-state index contributed by atoms with van der Waals surface area (Å²) in [5.41, 5.74) is 2.64. The lowest BCUT2D eigenvalue weighted by Gasteiger charge is -2.36. The minimum Gasteiger partial charge on any atom is -0.491 e. The lowest BCUT2D eigenvalue weighted by Crippen LogP contribution is -2.48. The van der Waals surface area contributed by atoms with E-state index in [1.165, 1.54) is 5.69 Å². The Balaban J connectivity index is 1.34. The van der Waals surface area contributed by atoms with Gasteiger partial charge in [-0.25, -0.2) is 0 Å². The minimum absolute atomic E-state index is 0.0787. The standard InChI is InChI=1S/C26H32N4O3/c1-2-14-33-22-9-5-8-17-20-15-30(13-10-21(20)28-23(17)22)25(32)19-7-4-3-6-18(19)24(31)29-26(16-27)11-12-26/h5,8-9,18-19,28H,2-4,6-7,10-15H2,1H3,(H,29,31)/t18-,19-/m1/s1. The van der Waals surface area contributed by atoms with Crippen LogP contribution in [0.25, 0.3) is 10.9 Å². The molecule has 0 bridgehead atoms. The van der Waals surface area contributed by atoms with Crippen molar-refractivity contribution in [1.29, 1.82) is 5.26 Å². The van der Waals surface area contributed by atoms with Crippen LogP contribution in [-0.2, 0) is 22.6 Å². The zero-order valence-corrected chi connectivity index (χ0v) is 19.3. The summed E-state index contributed by atoms with van der Waals surface area (Å²) >= 11 is 0. The van der Waals surface area contributed by atoms with Crippen molar-refractivity contribution in [3.05, 3.63) is 29.5 Å². The Bertz CT molecular complexity index is 1110. The van der Waals surface area contributed by atoms with Crippen LogP contribution in [0.4, 0.5) is 0 Å². The molecule has 174 valence electrons. The molecule has 2 N–H and O–H groups in total. The highest BCUT2D eigenvalue weighted by molar-refractivity contribution is 5.92. The molecule has 33 heavy (non-hydrogen) atoms. The molecule has 2 aromatic rings. The number of benzene rings is 1. The van der Waals surface area contributed by atoms with Crippen molar-refractivity contribution >= 4 is 22.7 Å². The molecular formula is C26H32N4O3. The lowest BCUT2D eigenvalue weighted by atomic mass is 9.77. The molecular weight excluding hydrogens is 416 g/mol. The van der Waals surface area contributed by atoms with Crippen LogP contribution >= 0.6 is 0 Å². The van der Waals surface area contributed by atoms with E-state index in [2.05, 4.69) is 29.4 Å². The number of fused-ring (bicyclic) bond motifs is 3. The maximum Gasteiger partial charge on any atom is 0.226 e. The molecule has 1 aromatic heterocycles. The van der Waals surface area contributed by atoms with Gasteiger partial charge in [0, 0.05) is 48.0 Å². The first-order valence-corrected chi connectivity index (χ1v) is 12.3. The number of carbonyl (C=O) groups is 2. The summed E-state index contributed by atoms with van der Waals surface area (Å²) in [5.74, 6) is 0.181. The van der Waals surface area contributed by atoms with Crippen molar-refractivity contribution in [3.63, 3.8) is 0 Å². The quantitative estimate of drug-likeness (QED) is 0.702. The van der Waals surface area contributed by atoms with Crippen LogP contribution in [0.1, 0.15) is 63.1 Å². The van der Waals surface area contributed by atoms with Crippen molar-refractivity contribution in [2.24, 2.45) is 11.8 Å². The number of aromatic nitrogens is 1. The van der Waals surface area contributed by atoms with Gasteiger partial charge >= 0.3 is 0 Å². The van der Waals surface area contributed by atoms with E-state index in [0.29, 0.717) is 39.0 Å². The van der Waals surface area contributed by atoms with Gasteiger partial charge in [0.05, 0.1) is 18.2 Å². The number of H-pyrrole nitrogens is 1. The smallest absolute Gasteiger partial charge is 0.226 e. The average molecular weight is 449 g/mol. The number of aromatic amines is 1. The number of hydrogen-bond acceptors (Lipinski definition) is 4. The van der Waals surface area contributed by atoms with E-state index in [1.54, 1.807) is 0 Å². The fourth-order valence-corrected chi connectivity index (χ4v) is 5.42. The Morgan fingerprint density at radius 1 is 1.27 bits per heavy atom. The third-order valence-corrected chi connectivity index (χ3v) is 7.49. The number of carbonyl (C=O) groups excluding carboxylic acids is 2. The molecule has 2 atom stereocenters. The number of nitrogens with zero attached hydrogens (tertiary/aromatic N) is 2. The molecule has 2 amide bonds. The van der Waals surface area contributed by atoms with Crippen LogP contribution in [0.5, 0.6) is 5.75 Å². The summed E-state index contributed by atoms with van der Waals surface area (Å²) in [4.78, 5) is 32.1. The molecule has 0 spiro atoms. The van der Waals surface area contributed by atoms with Gasteiger partial charge in [0.2, 0.25) is 11.8 Å². The van der Waals surface area contributed by atoms with Crippen LogP contribution in [-0.4, -0.2) is 40.4 Å². The summed E-state index contributed by atoms with van der Waals surface area (Å²) in [6.45, 7) is 3.97. The number of rotatable bonds is 6. The minimum atomic E-state index is -0.691. The molecule has 2 saturated carbocycles.